The van der Waals surface area contributed by atoms with Crippen LogP contribution in [0, 0.1) is 0 Å². The van der Waals surface area contributed by atoms with Crippen molar-refractivity contribution in [3.63, 3.8) is 0 Å². The van der Waals surface area contributed by atoms with Gasteiger partial charge in [0.1, 0.15) is 23.6 Å². The molecule has 12 nitrogen and oxygen atoms in total. The number of ether oxygens (including phenoxy) is 1. The van der Waals surface area contributed by atoms with Crippen LogP contribution >= 0.6 is 12.2 Å². The number of aromatic nitrogens is 1. The van der Waals surface area contributed by atoms with E-state index in [0.717, 1.165) is 58.8 Å². The summed E-state index contributed by atoms with van der Waals surface area (Å²) in [6.45, 7) is 0.858. The van der Waals surface area contributed by atoms with E-state index in [9.17, 15) is 33.1 Å². The zero-order valence-corrected chi connectivity index (χ0v) is 34.3. The van der Waals surface area contributed by atoms with Gasteiger partial charge in [-0.3, -0.25) is 29.4 Å². The number of carbonyl (C=O) groups is 4. The zero-order chi connectivity index (χ0) is 42.4. The van der Waals surface area contributed by atoms with E-state index in [1.807, 2.05) is 48.7 Å². The molecule has 2 atom stereocenters. The van der Waals surface area contributed by atoms with Crippen molar-refractivity contribution in [2.45, 2.75) is 114 Å². The topological polar surface area (TPSA) is 168 Å². The number of thiocarbonyl (C=S) groups is 1. The van der Waals surface area contributed by atoms with Crippen LogP contribution in [-0.2, 0) is 25.7 Å². The maximum Gasteiger partial charge on any atom is 0.248 e. The summed E-state index contributed by atoms with van der Waals surface area (Å²) in [6, 6.07) is 18.1. The van der Waals surface area contributed by atoms with Crippen LogP contribution in [-0.4, -0.2) is 68.3 Å². The standard InChI is InChI=1S/C45H52F2N6O6S/c46-45(47)20-18-31(19-21-45)52-26-34(28-8-6-9-29(24-28)42(48)60)32-15-14-30(25-37(32)52)50-40(55)13-5-3-1-2-4-12-39(54)49-22-23-59-38-11-7-10-33-35(38)27-53(44(33)58)36-16-17-41(56)51-43(36)57/h6-11,14-15,24-26,31,36,44,58H,1-5,12-13,16-23,27H2,(H2,48,60)(H,49,54)(H,50,55)(H,51,56,57). The Balaban J connectivity index is 0.818. The molecule has 0 radical (unpaired) electrons. The number of anilines is 1. The summed E-state index contributed by atoms with van der Waals surface area (Å²) >= 11 is 5.20. The Morgan fingerprint density at radius 2 is 1.68 bits per heavy atom. The number of aliphatic hydroxyl groups is 1. The lowest BCUT2D eigenvalue weighted by Gasteiger charge is -2.31. The van der Waals surface area contributed by atoms with Gasteiger partial charge in [-0.05, 0) is 61.9 Å². The van der Waals surface area contributed by atoms with Crippen molar-refractivity contribution >= 4 is 57.4 Å². The number of aliphatic hydroxyl groups excluding tert-OH is 1. The van der Waals surface area contributed by atoms with E-state index in [-0.39, 0.29) is 49.6 Å². The second-order valence-corrected chi connectivity index (χ2v) is 16.5. The summed E-state index contributed by atoms with van der Waals surface area (Å²) in [6.07, 6.45) is 6.77. The van der Waals surface area contributed by atoms with Crippen LogP contribution in [0.2, 0.25) is 0 Å². The number of nitrogens with zero attached hydrogens (tertiary/aromatic N) is 2. The molecule has 6 N–H and O–H groups in total. The average Bonchev–Trinajstić information content (AvgIpc) is 3.77. The summed E-state index contributed by atoms with van der Waals surface area (Å²) in [7, 11) is 0. The minimum Gasteiger partial charge on any atom is -0.491 e. The molecule has 15 heteroatoms. The molecule has 2 fully saturated rings. The Labute approximate surface area is 353 Å². The van der Waals surface area contributed by atoms with Gasteiger partial charge in [-0.2, -0.15) is 0 Å². The number of hydrogen-bond donors (Lipinski definition) is 5. The summed E-state index contributed by atoms with van der Waals surface area (Å²) in [5.74, 6) is -2.95. The van der Waals surface area contributed by atoms with Gasteiger partial charge in [-0.15, -0.1) is 0 Å². The van der Waals surface area contributed by atoms with Gasteiger partial charge < -0.3 is 30.8 Å². The number of hydrogen-bond acceptors (Lipinski definition) is 8. The minimum atomic E-state index is -2.65. The fourth-order valence-electron chi connectivity index (χ4n) is 8.62. The van der Waals surface area contributed by atoms with Gasteiger partial charge in [0.2, 0.25) is 29.6 Å². The summed E-state index contributed by atoms with van der Waals surface area (Å²) in [5.41, 5.74) is 11.5. The highest BCUT2D eigenvalue weighted by molar-refractivity contribution is 7.80. The summed E-state index contributed by atoms with van der Waals surface area (Å²) < 4.78 is 36.2. The van der Waals surface area contributed by atoms with Crippen molar-refractivity contribution in [3.05, 3.63) is 83.6 Å². The molecule has 0 bridgehead atoms. The largest absolute Gasteiger partial charge is 0.491 e. The third kappa shape index (κ3) is 10.2. The number of rotatable bonds is 17. The number of halogens is 2. The van der Waals surface area contributed by atoms with Crippen LogP contribution in [0.3, 0.4) is 0 Å². The van der Waals surface area contributed by atoms with Crippen molar-refractivity contribution in [3.8, 4) is 16.9 Å². The van der Waals surface area contributed by atoms with Crippen molar-refractivity contribution in [1.29, 1.82) is 0 Å². The number of fused-ring (bicyclic) bond motifs is 2. The third-order valence-corrected chi connectivity index (χ3v) is 12.1. The first-order valence-electron chi connectivity index (χ1n) is 20.9. The van der Waals surface area contributed by atoms with Crippen molar-refractivity contribution in [2.24, 2.45) is 5.73 Å². The van der Waals surface area contributed by atoms with Gasteiger partial charge in [0.05, 0.1) is 18.1 Å². The second kappa shape index (κ2) is 19.0. The highest BCUT2D eigenvalue weighted by Crippen LogP contribution is 2.43. The van der Waals surface area contributed by atoms with Gasteiger partial charge in [0, 0.05) is 84.2 Å². The molecule has 60 heavy (non-hydrogen) atoms. The number of alkyl halides is 2. The van der Waals surface area contributed by atoms with Gasteiger partial charge in [0.15, 0.2) is 0 Å². The van der Waals surface area contributed by atoms with Crippen molar-refractivity contribution in [2.75, 3.05) is 18.5 Å². The highest BCUT2D eigenvalue weighted by atomic mass is 32.1. The van der Waals surface area contributed by atoms with Crippen molar-refractivity contribution < 1.29 is 37.8 Å². The molecule has 4 amide bonds. The highest BCUT2D eigenvalue weighted by Gasteiger charge is 2.41. The molecule has 1 saturated carbocycles. The number of carbonyl (C=O) groups excluding carboxylic acids is 4. The minimum absolute atomic E-state index is 0.0689. The number of piperidine rings is 1. The number of imide groups is 1. The molecule has 3 aliphatic rings. The Hall–Kier alpha value is -5.25. The molecule has 3 aromatic carbocycles. The Kier molecular flexibility index (Phi) is 13.6. The molecule has 2 unspecified atom stereocenters. The maximum absolute atomic E-state index is 14.1. The number of unbranched alkanes of at least 4 members (excludes halogenated alkanes) is 4. The Morgan fingerprint density at radius 1 is 0.950 bits per heavy atom. The molecule has 2 aliphatic heterocycles. The Bertz CT molecular complexity index is 2250. The molecular weight excluding hydrogens is 791 g/mol. The predicted octanol–water partition coefficient (Wildman–Crippen LogP) is 7.17. The second-order valence-electron chi connectivity index (χ2n) is 16.1. The smallest absolute Gasteiger partial charge is 0.248 e. The van der Waals surface area contributed by atoms with Gasteiger partial charge in [0.25, 0.3) is 0 Å². The molecule has 3 heterocycles. The summed E-state index contributed by atoms with van der Waals surface area (Å²) in [5, 5.41) is 20.1. The number of nitrogens with two attached hydrogens (primary N) is 1. The van der Waals surface area contributed by atoms with E-state index in [1.165, 1.54) is 0 Å². The monoisotopic (exact) mass is 842 g/mol. The van der Waals surface area contributed by atoms with E-state index < -0.39 is 24.1 Å². The lowest BCUT2D eigenvalue weighted by Crippen LogP contribution is -2.51. The molecular formula is C45H52F2N6O6S. The molecule has 0 spiro atoms. The normalized spacial score (nSPS) is 19.2. The van der Waals surface area contributed by atoms with Gasteiger partial charge in [-0.1, -0.05) is 67.9 Å². The van der Waals surface area contributed by atoms with E-state index in [1.54, 1.807) is 23.1 Å². The predicted molar refractivity (Wildman–Crippen MR) is 228 cm³/mol. The zero-order valence-electron chi connectivity index (χ0n) is 33.5. The maximum atomic E-state index is 14.1. The van der Waals surface area contributed by atoms with Crippen LogP contribution in [0.5, 0.6) is 5.75 Å². The summed E-state index contributed by atoms with van der Waals surface area (Å²) in [4.78, 5) is 51.4. The Morgan fingerprint density at radius 3 is 2.43 bits per heavy atom. The first-order valence-corrected chi connectivity index (χ1v) is 21.3. The van der Waals surface area contributed by atoms with E-state index in [2.05, 4.69) is 20.5 Å². The van der Waals surface area contributed by atoms with Gasteiger partial charge >= 0.3 is 0 Å². The fraction of sp³-hybridized carbons (Fsp3) is 0.444. The lowest BCUT2D eigenvalue weighted by atomic mass is 9.92. The number of benzene rings is 3. The average molecular weight is 843 g/mol. The van der Waals surface area contributed by atoms with Gasteiger partial charge in [-0.25, -0.2) is 8.78 Å². The fourth-order valence-corrected chi connectivity index (χ4v) is 8.75. The van der Waals surface area contributed by atoms with E-state index in [0.29, 0.717) is 73.6 Å². The first kappa shape index (κ1) is 42.9. The van der Waals surface area contributed by atoms with Crippen molar-refractivity contribution in [1.82, 2.24) is 20.1 Å². The van der Waals surface area contributed by atoms with E-state index >= 15 is 0 Å². The molecule has 1 aromatic heterocycles. The van der Waals surface area contributed by atoms with Crippen LogP contribution < -0.4 is 26.4 Å². The van der Waals surface area contributed by atoms with Crippen LogP contribution in [0.25, 0.3) is 22.0 Å². The van der Waals surface area contributed by atoms with Crippen LogP contribution in [0.15, 0.2) is 66.9 Å². The molecule has 318 valence electrons. The number of amides is 4. The molecule has 1 saturated heterocycles. The van der Waals surface area contributed by atoms with Crippen LogP contribution in [0.1, 0.15) is 112 Å². The quantitative estimate of drug-likeness (QED) is 0.0421. The molecule has 7 rings (SSSR count). The first-order chi connectivity index (χ1) is 28.9. The third-order valence-electron chi connectivity index (χ3n) is 11.9. The van der Waals surface area contributed by atoms with Crippen LogP contribution in [0.4, 0.5) is 14.5 Å². The van der Waals surface area contributed by atoms with E-state index in [4.69, 9.17) is 22.7 Å². The molecule has 1 aliphatic carbocycles. The molecule has 4 aromatic rings. The SMILES string of the molecule is NC(=S)c1cccc(-c2cn(C3CCC(F)(F)CC3)c3cc(NC(=O)CCCCCCCC(=O)NCCOc4cccc5c4CN(C4CCC(=O)NC4=O)C5O)ccc23)c1. The number of nitrogens with one attached hydrogen (secondary N) is 3. The lowest BCUT2D eigenvalue weighted by molar-refractivity contribution is -0.141.